The fourth-order valence-corrected chi connectivity index (χ4v) is 3.40. The predicted molar refractivity (Wildman–Crippen MR) is 100 cm³/mol. The Labute approximate surface area is 155 Å². The molecule has 0 spiro atoms. The largest absolute Gasteiger partial charge is 0.320 e. The maximum atomic E-state index is 13.0. The van der Waals surface area contributed by atoms with Crippen LogP contribution < -0.4 is 5.32 Å². The second kappa shape index (κ2) is 6.32. The standard InChI is InChI=1S/C21H17N3O3/c1-3-24-17(11-12(2)23-24)21(27)22-16-10-6-9-15-18(16)20(26)14-8-5-4-7-13(14)19(15)25/h4-11H,3H2,1-2H3,(H,22,27). The van der Waals surface area contributed by atoms with Crippen LogP contribution in [0.2, 0.25) is 0 Å². The average molecular weight is 359 g/mol. The number of carbonyl (C=O) groups is 3. The van der Waals surface area contributed by atoms with E-state index in [1.807, 2.05) is 13.8 Å². The summed E-state index contributed by atoms with van der Waals surface area (Å²) in [6.07, 6.45) is 0. The summed E-state index contributed by atoms with van der Waals surface area (Å²) in [5.41, 5.74) is 2.74. The number of hydrogen-bond donors (Lipinski definition) is 1. The lowest BCUT2D eigenvalue weighted by atomic mass is 9.83. The Hall–Kier alpha value is -3.54. The lowest BCUT2D eigenvalue weighted by Gasteiger charge is -2.20. The number of hydrogen-bond acceptors (Lipinski definition) is 4. The van der Waals surface area contributed by atoms with E-state index in [4.69, 9.17) is 0 Å². The summed E-state index contributed by atoms with van der Waals surface area (Å²) in [5.74, 6) is -0.855. The summed E-state index contributed by atoms with van der Waals surface area (Å²) in [6, 6.07) is 13.3. The van der Waals surface area contributed by atoms with Crippen molar-refractivity contribution < 1.29 is 14.4 Å². The van der Waals surface area contributed by atoms with Gasteiger partial charge in [0.2, 0.25) is 0 Å². The number of nitrogens with one attached hydrogen (secondary N) is 1. The van der Waals surface area contributed by atoms with Crippen LogP contribution in [0, 0.1) is 6.92 Å². The highest BCUT2D eigenvalue weighted by molar-refractivity contribution is 6.30. The molecule has 1 heterocycles. The molecule has 0 atom stereocenters. The van der Waals surface area contributed by atoms with Crippen molar-refractivity contribution in [1.82, 2.24) is 9.78 Å². The predicted octanol–water partition coefficient (Wildman–Crippen LogP) is 3.24. The van der Waals surface area contributed by atoms with Crippen LogP contribution in [-0.2, 0) is 6.54 Å². The molecule has 27 heavy (non-hydrogen) atoms. The minimum atomic E-state index is -0.370. The van der Waals surface area contributed by atoms with Gasteiger partial charge in [-0.1, -0.05) is 36.4 Å². The molecule has 0 fully saturated rings. The third-order valence-corrected chi connectivity index (χ3v) is 4.63. The van der Waals surface area contributed by atoms with Crippen molar-refractivity contribution in [1.29, 1.82) is 0 Å². The van der Waals surface area contributed by atoms with E-state index in [1.54, 1.807) is 53.2 Å². The average Bonchev–Trinajstić information content (AvgIpc) is 3.07. The number of nitrogens with zero attached hydrogens (tertiary/aromatic N) is 2. The van der Waals surface area contributed by atoms with E-state index in [0.717, 1.165) is 5.69 Å². The van der Waals surface area contributed by atoms with Crippen LogP contribution in [0.15, 0.2) is 48.5 Å². The van der Waals surface area contributed by atoms with Gasteiger partial charge >= 0.3 is 0 Å². The lowest BCUT2D eigenvalue weighted by Crippen LogP contribution is -2.24. The second-order valence-electron chi connectivity index (χ2n) is 6.37. The molecule has 1 N–H and O–H groups in total. The summed E-state index contributed by atoms with van der Waals surface area (Å²) in [6.45, 7) is 4.26. The Morgan fingerprint density at radius 3 is 2.37 bits per heavy atom. The quantitative estimate of drug-likeness (QED) is 0.609. The zero-order chi connectivity index (χ0) is 19.1. The molecule has 134 valence electrons. The van der Waals surface area contributed by atoms with Crippen LogP contribution in [0.4, 0.5) is 5.69 Å². The van der Waals surface area contributed by atoms with Crippen LogP contribution in [0.5, 0.6) is 0 Å². The minimum absolute atomic E-state index is 0.217. The molecule has 1 amide bonds. The van der Waals surface area contributed by atoms with E-state index in [1.165, 1.54) is 0 Å². The number of amides is 1. The molecule has 0 bridgehead atoms. The summed E-state index contributed by atoms with van der Waals surface area (Å²) in [4.78, 5) is 38.5. The zero-order valence-electron chi connectivity index (χ0n) is 14.9. The molecule has 4 rings (SSSR count). The van der Waals surface area contributed by atoms with Gasteiger partial charge in [-0.2, -0.15) is 5.10 Å². The minimum Gasteiger partial charge on any atom is -0.320 e. The molecule has 1 aliphatic rings. The van der Waals surface area contributed by atoms with Gasteiger partial charge in [-0.05, 0) is 26.0 Å². The number of aryl methyl sites for hydroxylation is 2. The Kier molecular flexibility index (Phi) is 3.96. The number of fused-ring (bicyclic) bond motifs is 2. The maximum absolute atomic E-state index is 13.0. The highest BCUT2D eigenvalue weighted by Crippen LogP contribution is 2.32. The number of aromatic nitrogens is 2. The van der Waals surface area contributed by atoms with E-state index in [9.17, 15) is 14.4 Å². The fourth-order valence-electron chi connectivity index (χ4n) is 3.40. The first kappa shape index (κ1) is 16.9. The molecule has 6 heteroatoms. The smallest absolute Gasteiger partial charge is 0.273 e. The van der Waals surface area contributed by atoms with Gasteiger partial charge in [0.1, 0.15) is 5.69 Å². The van der Waals surface area contributed by atoms with Crippen molar-refractivity contribution in [3.05, 3.63) is 82.2 Å². The Morgan fingerprint density at radius 1 is 1.00 bits per heavy atom. The topological polar surface area (TPSA) is 81.1 Å². The number of ketones is 2. The van der Waals surface area contributed by atoms with Gasteiger partial charge in [-0.15, -0.1) is 0 Å². The summed E-state index contributed by atoms with van der Waals surface area (Å²) in [5, 5.41) is 7.05. The molecular weight excluding hydrogens is 342 g/mol. The highest BCUT2D eigenvalue weighted by atomic mass is 16.2. The van der Waals surface area contributed by atoms with Crippen molar-refractivity contribution in [2.75, 3.05) is 5.32 Å². The van der Waals surface area contributed by atoms with Crippen LogP contribution in [0.25, 0.3) is 0 Å². The van der Waals surface area contributed by atoms with Crippen LogP contribution >= 0.6 is 0 Å². The first-order valence-electron chi connectivity index (χ1n) is 8.68. The van der Waals surface area contributed by atoms with E-state index < -0.39 is 0 Å². The van der Waals surface area contributed by atoms with E-state index in [2.05, 4.69) is 10.4 Å². The van der Waals surface area contributed by atoms with Gasteiger partial charge in [-0.3, -0.25) is 19.1 Å². The van der Waals surface area contributed by atoms with Gasteiger partial charge in [-0.25, -0.2) is 0 Å². The molecule has 1 aromatic heterocycles. The molecule has 0 saturated carbocycles. The summed E-state index contributed by atoms with van der Waals surface area (Å²) in [7, 11) is 0. The van der Waals surface area contributed by atoms with Gasteiger partial charge in [0, 0.05) is 23.2 Å². The zero-order valence-corrected chi connectivity index (χ0v) is 14.9. The molecule has 0 saturated heterocycles. The molecule has 2 aromatic carbocycles. The number of rotatable bonds is 3. The van der Waals surface area contributed by atoms with Crippen molar-refractivity contribution in [2.24, 2.45) is 0 Å². The van der Waals surface area contributed by atoms with Gasteiger partial charge in [0.25, 0.3) is 5.91 Å². The molecule has 1 aliphatic carbocycles. The van der Waals surface area contributed by atoms with E-state index >= 15 is 0 Å². The van der Waals surface area contributed by atoms with E-state index in [0.29, 0.717) is 34.6 Å². The van der Waals surface area contributed by atoms with Crippen molar-refractivity contribution in [2.45, 2.75) is 20.4 Å². The summed E-state index contributed by atoms with van der Waals surface area (Å²) < 4.78 is 1.60. The van der Waals surface area contributed by atoms with Crippen molar-refractivity contribution in [3.8, 4) is 0 Å². The first-order chi connectivity index (χ1) is 13.0. The maximum Gasteiger partial charge on any atom is 0.273 e. The van der Waals surface area contributed by atoms with Gasteiger partial charge < -0.3 is 5.32 Å². The summed E-state index contributed by atoms with van der Waals surface area (Å²) >= 11 is 0. The number of anilines is 1. The third kappa shape index (κ3) is 2.66. The van der Waals surface area contributed by atoms with Gasteiger partial charge in [0.15, 0.2) is 11.6 Å². The molecular formula is C21H17N3O3. The Morgan fingerprint density at radius 2 is 1.67 bits per heavy atom. The number of carbonyl (C=O) groups excluding carboxylic acids is 3. The van der Waals surface area contributed by atoms with Crippen LogP contribution in [0.3, 0.4) is 0 Å². The van der Waals surface area contributed by atoms with Crippen LogP contribution in [0.1, 0.15) is 54.9 Å². The van der Waals surface area contributed by atoms with Crippen LogP contribution in [-0.4, -0.2) is 27.3 Å². The van der Waals surface area contributed by atoms with Crippen molar-refractivity contribution >= 4 is 23.2 Å². The molecule has 3 aromatic rings. The lowest BCUT2D eigenvalue weighted by molar-refractivity contribution is 0.0978. The Balaban J connectivity index is 1.77. The molecule has 0 radical (unpaired) electrons. The third-order valence-electron chi connectivity index (χ3n) is 4.63. The monoisotopic (exact) mass is 359 g/mol. The highest BCUT2D eigenvalue weighted by Gasteiger charge is 2.31. The second-order valence-corrected chi connectivity index (χ2v) is 6.37. The van der Waals surface area contributed by atoms with Crippen molar-refractivity contribution in [3.63, 3.8) is 0 Å². The Bertz CT molecular complexity index is 1110. The first-order valence-corrected chi connectivity index (χ1v) is 8.68. The number of benzene rings is 2. The van der Waals surface area contributed by atoms with E-state index in [-0.39, 0.29) is 23.0 Å². The normalized spacial score (nSPS) is 12.5. The molecule has 0 unspecified atom stereocenters. The van der Waals surface area contributed by atoms with Gasteiger partial charge in [0.05, 0.1) is 16.9 Å². The fraction of sp³-hybridized carbons (Fsp3) is 0.143. The molecule has 0 aliphatic heterocycles. The molecule has 6 nitrogen and oxygen atoms in total. The SMILES string of the molecule is CCn1nc(C)cc1C(=O)Nc1cccc2c1C(=O)c1ccccc1C2=O.